The van der Waals surface area contributed by atoms with Crippen molar-refractivity contribution in [2.45, 2.75) is 16.2 Å². The summed E-state index contributed by atoms with van der Waals surface area (Å²) in [6.07, 6.45) is 0.746. The lowest BCUT2D eigenvalue weighted by Gasteiger charge is -2.12. The van der Waals surface area contributed by atoms with Gasteiger partial charge in [-0.2, -0.15) is 0 Å². The lowest BCUT2D eigenvalue weighted by atomic mass is 10.3. The van der Waals surface area contributed by atoms with E-state index in [4.69, 9.17) is 9.47 Å². The van der Waals surface area contributed by atoms with E-state index in [1.807, 2.05) is 0 Å². The molecule has 1 amide bonds. The second-order valence-electron chi connectivity index (χ2n) is 6.05. The van der Waals surface area contributed by atoms with Crippen LogP contribution >= 0.6 is 11.8 Å². The van der Waals surface area contributed by atoms with E-state index in [-0.39, 0.29) is 10.1 Å². The number of nitrogens with one attached hydrogen (secondary N) is 1. The average molecular weight is 409 g/mol. The van der Waals surface area contributed by atoms with Crippen LogP contribution in [0.4, 0.5) is 10.5 Å². The number of sulfonamides is 1. The van der Waals surface area contributed by atoms with E-state index >= 15 is 0 Å². The van der Waals surface area contributed by atoms with Gasteiger partial charge in [-0.15, -0.1) is 0 Å². The molecule has 0 radical (unpaired) electrons. The largest absolute Gasteiger partial charge is 0.490 e. The quantitative estimate of drug-likeness (QED) is 0.781. The number of hydrogen-bond donors (Lipinski definition) is 1. The maximum Gasteiger partial charge on any atom is 0.285 e. The van der Waals surface area contributed by atoms with Crippen LogP contribution in [0.5, 0.6) is 11.5 Å². The van der Waals surface area contributed by atoms with Gasteiger partial charge in [0.1, 0.15) is 0 Å². The van der Waals surface area contributed by atoms with Crippen LogP contribution in [0, 0.1) is 0 Å². The number of amides is 1. The Morgan fingerprint density at radius 1 is 1.04 bits per heavy atom. The Hall–Kier alpha value is -2.39. The van der Waals surface area contributed by atoms with Gasteiger partial charge < -0.3 is 14.4 Å². The summed E-state index contributed by atoms with van der Waals surface area (Å²) in [4.78, 5) is 14.0. The maximum absolute atomic E-state index is 12.7. The van der Waals surface area contributed by atoms with Crippen LogP contribution in [-0.4, -0.2) is 45.9 Å². The van der Waals surface area contributed by atoms with Gasteiger partial charge in [0.05, 0.1) is 18.1 Å². The number of nitrogens with zero attached hydrogens (tertiary/aromatic N) is 1. The summed E-state index contributed by atoms with van der Waals surface area (Å²) in [5, 5.41) is -0.101. The second kappa shape index (κ2) is 8.10. The SMILES string of the molecule is CN(C)C(=O)Sc1ccc(NS(=O)(=O)c2ccc3c(c2)OCCCO3)cc1. The van der Waals surface area contributed by atoms with Crippen LogP contribution < -0.4 is 14.2 Å². The van der Waals surface area contributed by atoms with Crippen molar-refractivity contribution < 1.29 is 22.7 Å². The van der Waals surface area contributed by atoms with Crippen LogP contribution in [0.1, 0.15) is 6.42 Å². The molecule has 0 aliphatic carbocycles. The first-order chi connectivity index (χ1) is 12.8. The predicted molar refractivity (Wildman–Crippen MR) is 104 cm³/mol. The second-order valence-corrected chi connectivity index (χ2v) is 8.76. The molecule has 0 atom stereocenters. The number of hydrogen-bond acceptors (Lipinski definition) is 6. The molecule has 1 aliphatic heterocycles. The van der Waals surface area contributed by atoms with E-state index in [1.165, 1.54) is 17.0 Å². The van der Waals surface area contributed by atoms with Gasteiger partial charge in [0.25, 0.3) is 15.3 Å². The summed E-state index contributed by atoms with van der Waals surface area (Å²) in [6, 6.07) is 11.2. The number of anilines is 1. The molecule has 2 aromatic carbocycles. The average Bonchev–Trinajstić information content (AvgIpc) is 2.87. The Kier molecular flexibility index (Phi) is 5.81. The summed E-state index contributed by atoms with van der Waals surface area (Å²) >= 11 is 1.07. The van der Waals surface area contributed by atoms with Crippen molar-refractivity contribution in [3.8, 4) is 11.5 Å². The lowest BCUT2D eigenvalue weighted by molar-refractivity contribution is 0.241. The highest BCUT2D eigenvalue weighted by atomic mass is 32.2. The molecule has 0 fully saturated rings. The van der Waals surface area contributed by atoms with Crippen LogP contribution in [0.3, 0.4) is 0 Å². The highest BCUT2D eigenvalue weighted by Gasteiger charge is 2.19. The molecule has 0 aromatic heterocycles. The molecule has 27 heavy (non-hydrogen) atoms. The Balaban J connectivity index is 1.74. The number of carbonyl (C=O) groups is 1. The molecule has 2 aromatic rings. The number of benzene rings is 2. The smallest absolute Gasteiger partial charge is 0.285 e. The fraction of sp³-hybridized carbons (Fsp3) is 0.278. The lowest BCUT2D eigenvalue weighted by Crippen LogP contribution is -2.16. The first kappa shape index (κ1) is 19.4. The minimum atomic E-state index is -3.78. The highest BCUT2D eigenvalue weighted by molar-refractivity contribution is 8.13. The first-order valence-corrected chi connectivity index (χ1v) is 10.6. The van der Waals surface area contributed by atoms with Gasteiger partial charge in [-0.3, -0.25) is 9.52 Å². The third-order valence-corrected chi connectivity index (χ3v) is 6.13. The van der Waals surface area contributed by atoms with Gasteiger partial charge in [-0.25, -0.2) is 8.42 Å². The fourth-order valence-electron chi connectivity index (χ4n) is 2.31. The van der Waals surface area contributed by atoms with Crippen LogP contribution in [0.15, 0.2) is 52.3 Å². The van der Waals surface area contributed by atoms with Crippen molar-refractivity contribution in [3.05, 3.63) is 42.5 Å². The van der Waals surface area contributed by atoms with Crippen molar-refractivity contribution in [1.82, 2.24) is 4.90 Å². The summed E-state index contributed by atoms with van der Waals surface area (Å²) in [5.41, 5.74) is 0.406. The van der Waals surface area contributed by atoms with E-state index in [1.54, 1.807) is 44.4 Å². The molecule has 0 unspecified atom stereocenters. The van der Waals surface area contributed by atoms with Crippen molar-refractivity contribution in [2.24, 2.45) is 0 Å². The zero-order valence-corrected chi connectivity index (χ0v) is 16.6. The van der Waals surface area contributed by atoms with E-state index in [9.17, 15) is 13.2 Å². The molecule has 1 heterocycles. The molecule has 3 rings (SSSR count). The molecule has 0 spiro atoms. The van der Waals surface area contributed by atoms with E-state index in [2.05, 4.69) is 4.72 Å². The van der Waals surface area contributed by atoms with Crippen molar-refractivity contribution in [2.75, 3.05) is 32.0 Å². The maximum atomic E-state index is 12.7. The summed E-state index contributed by atoms with van der Waals surface area (Å²) in [5.74, 6) is 0.961. The minimum Gasteiger partial charge on any atom is -0.490 e. The molecule has 1 aliphatic rings. The molecule has 144 valence electrons. The zero-order valence-electron chi connectivity index (χ0n) is 15.0. The molecular formula is C18H20N2O5S2. The van der Waals surface area contributed by atoms with E-state index < -0.39 is 10.0 Å². The number of fused-ring (bicyclic) bond motifs is 1. The zero-order chi connectivity index (χ0) is 19.4. The monoisotopic (exact) mass is 408 g/mol. The molecule has 0 saturated heterocycles. The van der Waals surface area contributed by atoms with Crippen molar-refractivity contribution >= 4 is 32.7 Å². The van der Waals surface area contributed by atoms with E-state index in [0.717, 1.165) is 23.1 Å². The standard InChI is InChI=1S/C18H20N2O5S2/c1-20(2)18(21)26-14-6-4-13(5-7-14)19-27(22,23)15-8-9-16-17(12-15)25-11-3-10-24-16/h4-9,12,19H,3,10-11H2,1-2H3. The van der Waals surface area contributed by atoms with Gasteiger partial charge in [-0.05, 0) is 48.2 Å². The molecular weight excluding hydrogens is 388 g/mol. The molecule has 9 heteroatoms. The Morgan fingerprint density at radius 3 is 2.37 bits per heavy atom. The van der Waals surface area contributed by atoms with Crippen LogP contribution in [-0.2, 0) is 10.0 Å². The van der Waals surface area contributed by atoms with Gasteiger partial charge in [0, 0.05) is 37.2 Å². The normalized spacial score (nSPS) is 13.6. The highest BCUT2D eigenvalue weighted by Crippen LogP contribution is 2.32. The third-order valence-electron chi connectivity index (χ3n) is 3.71. The molecule has 0 bridgehead atoms. The van der Waals surface area contributed by atoms with Crippen LogP contribution in [0.25, 0.3) is 0 Å². The summed E-state index contributed by atoms with van der Waals surface area (Å²) in [6.45, 7) is 1.02. The topological polar surface area (TPSA) is 84.9 Å². The van der Waals surface area contributed by atoms with Gasteiger partial charge in [0.15, 0.2) is 11.5 Å². The Morgan fingerprint density at radius 2 is 1.70 bits per heavy atom. The van der Waals surface area contributed by atoms with Gasteiger partial charge in [-0.1, -0.05) is 0 Å². The summed E-state index contributed by atoms with van der Waals surface area (Å²) < 4.78 is 38.9. The number of ether oxygens (including phenoxy) is 2. The fourth-order valence-corrected chi connectivity index (χ4v) is 4.04. The third kappa shape index (κ3) is 4.86. The van der Waals surface area contributed by atoms with Crippen LogP contribution in [0.2, 0.25) is 0 Å². The molecule has 1 N–H and O–H groups in total. The molecule has 0 saturated carbocycles. The minimum absolute atomic E-state index is 0.0907. The predicted octanol–water partition coefficient (Wildman–Crippen LogP) is 3.42. The van der Waals surface area contributed by atoms with E-state index in [0.29, 0.717) is 30.4 Å². The van der Waals surface area contributed by atoms with Crippen molar-refractivity contribution in [3.63, 3.8) is 0 Å². The van der Waals surface area contributed by atoms with Crippen molar-refractivity contribution in [1.29, 1.82) is 0 Å². The Labute approximate surface area is 162 Å². The number of carbonyl (C=O) groups excluding carboxylic acids is 1. The van der Waals surface area contributed by atoms with Gasteiger partial charge >= 0.3 is 0 Å². The number of thioether (sulfide) groups is 1. The molecule has 7 nitrogen and oxygen atoms in total. The summed E-state index contributed by atoms with van der Waals surface area (Å²) in [7, 11) is -0.428. The first-order valence-electron chi connectivity index (χ1n) is 8.27. The number of rotatable bonds is 4. The van der Waals surface area contributed by atoms with Gasteiger partial charge in [0.2, 0.25) is 0 Å². The Bertz CT molecular complexity index is 927.